The van der Waals surface area contributed by atoms with Crippen LogP contribution in [0.2, 0.25) is 0 Å². The van der Waals surface area contributed by atoms with E-state index in [0.29, 0.717) is 4.90 Å². The highest BCUT2D eigenvalue weighted by molar-refractivity contribution is 8.18. The van der Waals surface area contributed by atoms with Crippen molar-refractivity contribution >= 4 is 34.9 Å². The number of furan rings is 1. The molecule has 1 aliphatic rings. The molecule has 5 nitrogen and oxygen atoms in total. The minimum absolute atomic E-state index is 0.0433. The first-order valence-corrected chi connectivity index (χ1v) is 6.89. The first-order valence-electron chi connectivity index (χ1n) is 6.07. The number of rotatable bonds is 2. The Bertz CT molecular complexity index is 734. The quantitative estimate of drug-likeness (QED) is 0.629. The highest BCUT2D eigenvalue weighted by Gasteiger charge is 2.41. The lowest BCUT2D eigenvalue weighted by molar-refractivity contribution is -0.120. The lowest BCUT2D eigenvalue weighted by atomic mass is 10.2. The Hall–Kier alpha value is -2.60. The van der Waals surface area contributed by atoms with Crippen LogP contribution >= 0.6 is 11.8 Å². The maximum absolute atomic E-state index is 12.2. The van der Waals surface area contributed by atoms with Crippen molar-refractivity contribution in [3.05, 3.63) is 65.0 Å². The second kappa shape index (κ2) is 5.41. The predicted molar refractivity (Wildman–Crippen MR) is 77.3 cm³/mol. The summed E-state index contributed by atoms with van der Waals surface area (Å²) in [6, 6.07) is 12.0. The molecule has 0 spiro atoms. The van der Waals surface area contributed by atoms with Gasteiger partial charge in [-0.2, -0.15) is 4.90 Å². The third-order valence-electron chi connectivity index (χ3n) is 2.83. The van der Waals surface area contributed by atoms with E-state index in [2.05, 4.69) is 0 Å². The summed E-state index contributed by atoms with van der Waals surface area (Å²) in [5.74, 6) is -1.42. The number of hydrogen-bond donors (Lipinski definition) is 0. The van der Waals surface area contributed by atoms with Gasteiger partial charge in [0.1, 0.15) is 0 Å². The van der Waals surface area contributed by atoms with Crippen LogP contribution in [0.15, 0.2) is 58.1 Å². The van der Waals surface area contributed by atoms with E-state index in [1.165, 1.54) is 18.4 Å². The molecule has 0 atom stereocenters. The number of imide groups is 3. The third kappa shape index (κ3) is 2.53. The number of carbonyl (C=O) groups is 3. The number of amides is 3. The van der Waals surface area contributed by atoms with Crippen molar-refractivity contribution in [3.8, 4) is 0 Å². The topological polar surface area (TPSA) is 67.6 Å². The van der Waals surface area contributed by atoms with Gasteiger partial charge in [0.2, 0.25) is 0 Å². The first kappa shape index (κ1) is 13.4. The van der Waals surface area contributed by atoms with Gasteiger partial charge >= 0.3 is 11.1 Å². The van der Waals surface area contributed by atoms with Crippen molar-refractivity contribution in [2.75, 3.05) is 0 Å². The molecule has 21 heavy (non-hydrogen) atoms. The fourth-order valence-corrected chi connectivity index (χ4v) is 2.67. The highest BCUT2D eigenvalue weighted by Crippen LogP contribution is 2.33. The molecule has 1 aliphatic heterocycles. The molecule has 2 heterocycles. The largest absolute Gasteiger partial charge is 0.459 e. The standard InChI is InChI=1S/C15H9NO4S/c17-13(11-7-4-8-20-11)16-14(18)12(21-15(16)19)9-10-5-2-1-3-6-10/h1-9H/b12-9+. The molecule has 0 radical (unpaired) electrons. The maximum Gasteiger partial charge on any atom is 0.303 e. The second-order valence-corrected chi connectivity index (χ2v) is 5.20. The van der Waals surface area contributed by atoms with Gasteiger partial charge in [-0.3, -0.25) is 14.4 Å². The summed E-state index contributed by atoms with van der Waals surface area (Å²) in [4.78, 5) is 37.0. The van der Waals surface area contributed by atoms with E-state index in [4.69, 9.17) is 4.42 Å². The lowest BCUT2D eigenvalue weighted by Crippen LogP contribution is -2.34. The van der Waals surface area contributed by atoms with Crippen LogP contribution in [0.25, 0.3) is 6.08 Å². The summed E-state index contributed by atoms with van der Waals surface area (Å²) in [5.41, 5.74) is 0.786. The molecule has 1 aromatic carbocycles. The summed E-state index contributed by atoms with van der Waals surface area (Å²) >= 11 is 0.738. The van der Waals surface area contributed by atoms with Crippen molar-refractivity contribution in [2.24, 2.45) is 0 Å². The van der Waals surface area contributed by atoms with Crippen LogP contribution in [-0.4, -0.2) is 22.0 Å². The van der Waals surface area contributed by atoms with Gasteiger partial charge in [0, 0.05) is 0 Å². The van der Waals surface area contributed by atoms with Crippen LogP contribution in [0.3, 0.4) is 0 Å². The molecular weight excluding hydrogens is 290 g/mol. The Morgan fingerprint density at radius 1 is 1.10 bits per heavy atom. The Morgan fingerprint density at radius 3 is 2.52 bits per heavy atom. The maximum atomic E-state index is 12.2. The number of carbonyl (C=O) groups excluding carboxylic acids is 3. The van der Waals surface area contributed by atoms with Gasteiger partial charge in [0.25, 0.3) is 5.91 Å². The zero-order chi connectivity index (χ0) is 14.8. The van der Waals surface area contributed by atoms with Crippen molar-refractivity contribution in [2.45, 2.75) is 0 Å². The third-order valence-corrected chi connectivity index (χ3v) is 3.70. The molecule has 6 heteroatoms. The SMILES string of the molecule is O=C1S/C(=C/c2ccccc2)C(=O)N1C(=O)c1ccco1. The Labute approximate surface area is 124 Å². The monoisotopic (exact) mass is 299 g/mol. The first-order chi connectivity index (χ1) is 10.2. The predicted octanol–water partition coefficient (Wildman–Crippen LogP) is 3.16. The van der Waals surface area contributed by atoms with Crippen molar-refractivity contribution < 1.29 is 18.8 Å². The van der Waals surface area contributed by atoms with Crippen LogP contribution in [-0.2, 0) is 4.79 Å². The van der Waals surface area contributed by atoms with E-state index in [9.17, 15) is 14.4 Å². The molecule has 2 aromatic rings. The summed E-state index contributed by atoms with van der Waals surface area (Å²) in [5, 5.41) is -0.622. The van der Waals surface area contributed by atoms with Crippen molar-refractivity contribution in [1.29, 1.82) is 0 Å². The van der Waals surface area contributed by atoms with E-state index in [1.54, 1.807) is 6.08 Å². The van der Waals surface area contributed by atoms with Gasteiger partial charge in [0.05, 0.1) is 11.2 Å². The zero-order valence-corrected chi connectivity index (χ0v) is 11.5. The second-order valence-electron chi connectivity index (χ2n) is 4.21. The van der Waals surface area contributed by atoms with E-state index in [1.807, 2.05) is 30.3 Å². The molecule has 1 aromatic heterocycles. The van der Waals surface area contributed by atoms with Crippen LogP contribution in [0, 0.1) is 0 Å². The molecule has 104 valence electrons. The van der Waals surface area contributed by atoms with Gasteiger partial charge in [-0.1, -0.05) is 30.3 Å². The molecule has 0 N–H and O–H groups in total. The van der Waals surface area contributed by atoms with Crippen molar-refractivity contribution in [1.82, 2.24) is 4.90 Å². The van der Waals surface area contributed by atoms with Gasteiger partial charge in [-0.05, 0) is 35.5 Å². The lowest BCUT2D eigenvalue weighted by Gasteiger charge is -2.07. The minimum Gasteiger partial charge on any atom is -0.459 e. The minimum atomic E-state index is -0.751. The summed E-state index contributed by atoms with van der Waals surface area (Å²) in [7, 11) is 0. The number of nitrogens with zero attached hydrogens (tertiary/aromatic N) is 1. The van der Waals surface area contributed by atoms with Crippen LogP contribution < -0.4 is 0 Å². The van der Waals surface area contributed by atoms with E-state index in [-0.39, 0.29) is 10.7 Å². The van der Waals surface area contributed by atoms with Gasteiger partial charge < -0.3 is 4.42 Å². The van der Waals surface area contributed by atoms with Gasteiger partial charge in [-0.25, -0.2) is 0 Å². The Morgan fingerprint density at radius 2 is 1.86 bits per heavy atom. The number of benzene rings is 1. The molecule has 0 saturated carbocycles. The molecule has 0 aliphatic carbocycles. The molecule has 0 unspecified atom stereocenters. The van der Waals surface area contributed by atoms with Gasteiger partial charge in [-0.15, -0.1) is 0 Å². The summed E-state index contributed by atoms with van der Waals surface area (Å²) in [6.45, 7) is 0. The van der Waals surface area contributed by atoms with Crippen LogP contribution in [0.5, 0.6) is 0 Å². The molecule has 3 amide bonds. The summed E-state index contributed by atoms with van der Waals surface area (Å²) < 4.78 is 4.93. The van der Waals surface area contributed by atoms with E-state index in [0.717, 1.165) is 17.3 Å². The normalized spacial score (nSPS) is 16.8. The fourth-order valence-electron chi connectivity index (χ4n) is 1.85. The molecule has 1 fully saturated rings. The van der Waals surface area contributed by atoms with Gasteiger partial charge in [0.15, 0.2) is 5.76 Å². The molecular formula is C15H9NO4S. The van der Waals surface area contributed by atoms with Crippen molar-refractivity contribution in [3.63, 3.8) is 0 Å². The number of hydrogen-bond acceptors (Lipinski definition) is 5. The Balaban J connectivity index is 1.89. The number of thioether (sulfide) groups is 1. The smallest absolute Gasteiger partial charge is 0.303 e. The zero-order valence-electron chi connectivity index (χ0n) is 10.7. The van der Waals surface area contributed by atoms with E-state index >= 15 is 0 Å². The molecule has 0 bridgehead atoms. The highest BCUT2D eigenvalue weighted by atomic mass is 32.2. The Kier molecular flexibility index (Phi) is 3.45. The average Bonchev–Trinajstić information content (AvgIpc) is 3.09. The fraction of sp³-hybridized carbons (Fsp3) is 0. The molecule has 3 rings (SSSR count). The van der Waals surface area contributed by atoms with E-state index < -0.39 is 17.1 Å². The summed E-state index contributed by atoms with van der Waals surface area (Å²) in [6.07, 6.45) is 2.90. The average molecular weight is 299 g/mol. The molecule has 1 saturated heterocycles. The van der Waals surface area contributed by atoms with Crippen LogP contribution in [0.1, 0.15) is 16.1 Å². The van der Waals surface area contributed by atoms with Crippen LogP contribution in [0.4, 0.5) is 4.79 Å².